The number of benzene rings is 2. The molecule has 4 rings (SSSR count). The van der Waals surface area contributed by atoms with E-state index in [1.807, 2.05) is 23.1 Å². The van der Waals surface area contributed by atoms with Crippen molar-refractivity contribution in [1.82, 2.24) is 9.80 Å². The molecule has 2 aromatic rings. The molecule has 2 aliphatic rings. The second kappa shape index (κ2) is 7.31. The highest BCUT2D eigenvalue weighted by atomic mass is 35.5. The summed E-state index contributed by atoms with van der Waals surface area (Å²) in [5.41, 5.74) is 3.14. The summed E-state index contributed by atoms with van der Waals surface area (Å²) < 4.78 is 13.0. The van der Waals surface area contributed by atoms with E-state index < -0.39 is 0 Å². The molecule has 1 saturated heterocycles. The number of piperazine rings is 1. The molecule has 1 atom stereocenters. The minimum Gasteiger partial charge on any atom is -0.332 e. The first-order valence-corrected chi connectivity index (χ1v) is 9.49. The molecule has 0 N–H and O–H groups in total. The second-order valence-electron chi connectivity index (χ2n) is 7.10. The first-order valence-electron chi connectivity index (χ1n) is 9.11. The summed E-state index contributed by atoms with van der Waals surface area (Å²) >= 11 is 6.16. The number of amides is 2. The number of hydrogen-bond donors (Lipinski definition) is 0. The van der Waals surface area contributed by atoms with E-state index in [4.69, 9.17) is 11.6 Å². The number of rotatable bonds is 3. The Kier molecular flexibility index (Phi) is 4.87. The molecule has 0 spiro atoms. The van der Waals surface area contributed by atoms with Crippen LogP contribution in [0.2, 0.25) is 5.02 Å². The molecule has 0 radical (unpaired) electrons. The lowest BCUT2D eigenvalue weighted by Gasteiger charge is -2.44. The lowest BCUT2D eigenvalue weighted by atomic mass is 9.90. The van der Waals surface area contributed by atoms with Gasteiger partial charge in [-0.15, -0.1) is 0 Å². The van der Waals surface area contributed by atoms with Gasteiger partial charge in [-0.2, -0.15) is 0 Å². The van der Waals surface area contributed by atoms with Gasteiger partial charge in [0.2, 0.25) is 11.8 Å². The van der Waals surface area contributed by atoms with Crippen LogP contribution in [0.3, 0.4) is 0 Å². The maximum Gasteiger partial charge on any atom is 0.242 e. The summed E-state index contributed by atoms with van der Waals surface area (Å²) in [5, 5.41) is 0.641. The first kappa shape index (κ1) is 18.0. The lowest BCUT2D eigenvalue weighted by Crippen LogP contribution is -2.55. The normalized spacial score (nSPS) is 18.9. The molecule has 140 valence electrons. The van der Waals surface area contributed by atoms with Gasteiger partial charge in [0, 0.05) is 24.5 Å². The van der Waals surface area contributed by atoms with Crippen molar-refractivity contribution in [3.63, 3.8) is 0 Å². The van der Waals surface area contributed by atoms with Crippen LogP contribution >= 0.6 is 11.6 Å². The number of fused-ring (bicyclic) bond motifs is 3. The zero-order valence-electron chi connectivity index (χ0n) is 14.8. The van der Waals surface area contributed by atoms with Crippen molar-refractivity contribution in [1.29, 1.82) is 0 Å². The molecule has 0 bridgehead atoms. The Morgan fingerprint density at radius 3 is 2.74 bits per heavy atom. The highest BCUT2D eigenvalue weighted by molar-refractivity contribution is 6.30. The molecule has 1 unspecified atom stereocenters. The number of halogens is 2. The van der Waals surface area contributed by atoms with Crippen LogP contribution in [0.5, 0.6) is 0 Å². The van der Waals surface area contributed by atoms with E-state index in [9.17, 15) is 14.0 Å². The monoisotopic (exact) mass is 386 g/mol. The third kappa shape index (κ3) is 3.69. The first-order chi connectivity index (χ1) is 13.0. The van der Waals surface area contributed by atoms with Crippen LogP contribution in [0.25, 0.3) is 0 Å². The van der Waals surface area contributed by atoms with E-state index in [-0.39, 0.29) is 30.2 Å². The smallest absolute Gasteiger partial charge is 0.242 e. The van der Waals surface area contributed by atoms with Crippen molar-refractivity contribution in [2.75, 3.05) is 19.6 Å². The standard InChI is InChI=1S/C21H20ClFN2O2/c22-16-5-4-15-9-10-25-19(18(15)11-16)12-24(13-21(25)27)20(26)8-3-14-1-6-17(23)7-2-14/h1-2,4-7,11,19H,3,8-10,12-13H2. The maximum absolute atomic E-state index is 13.0. The molecular formula is C21H20ClFN2O2. The van der Waals surface area contributed by atoms with Gasteiger partial charge >= 0.3 is 0 Å². The average molecular weight is 387 g/mol. The van der Waals surface area contributed by atoms with Crippen molar-refractivity contribution < 1.29 is 14.0 Å². The highest BCUT2D eigenvalue weighted by Crippen LogP contribution is 2.34. The summed E-state index contributed by atoms with van der Waals surface area (Å²) in [6, 6.07) is 11.8. The van der Waals surface area contributed by atoms with Crippen LogP contribution in [-0.2, 0) is 22.4 Å². The average Bonchev–Trinajstić information content (AvgIpc) is 2.67. The van der Waals surface area contributed by atoms with Crippen molar-refractivity contribution in [2.24, 2.45) is 0 Å². The quantitative estimate of drug-likeness (QED) is 0.811. The molecule has 0 saturated carbocycles. The van der Waals surface area contributed by atoms with E-state index in [0.29, 0.717) is 31.0 Å². The molecule has 2 aliphatic heterocycles. The van der Waals surface area contributed by atoms with Gasteiger partial charge in [-0.1, -0.05) is 29.8 Å². The molecular weight excluding hydrogens is 367 g/mol. The number of aryl methyl sites for hydroxylation is 1. The van der Waals surface area contributed by atoms with Gasteiger partial charge in [0.15, 0.2) is 0 Å². The Bertz CT molecular complexity index is 884. The molecule has 27 heavy (non-hydrogen) atoms. The van der Waals surface area contributed by atoms with E-state index >= 15 is 0 Å². The lowest BCUT2D eigenvalue weighted by molar-refractivity contribution is -0.149. The summed E-state index contributed by atoms with van der Waals surface area (Å²) in [6.07, 6.45) is 1.64. The van der Waals surface area contributed by atoms with Crippen LogP contribution in [0.4, 0.5) is 4.39 Å². The topological polar surface area (TPSA) is 40.6 Å². The van der Waals surface area contributed by atoms with Gasteiger partial charge in [0.1, 0.15) is 5.82 Å². The Balaban J connectivity index is 1.48. The molecule has 1 fully saturated rings. The second-order valence-corrected chi connectivity index (χ2v) is 7.53. The van der Waals surface area contributed by atoms with E-state index in [1.165, 1.54) is 17.7 Å². The minimum absolute atomic E-state index is 0.0213. The fourth-order valence-corrected chi connectivity index (χ4v) is 4.12. The van der Waals surface area contributed by atoms with Gasteiger partial charge in [-0.05, 0) is 53.8 Å². The van der Waals surface area contributed by atoms with Crippen molar-refractivity contribution >= 4 is 23.4 Å². The summed E-state index contributed by atoms with van der Waals surface area (Å²) in [6.45, 7) is 1.28. The molecule has 0 aliphatic carbocycles. The van der Waals surface area contributed by atoms with Crippen molar-refractivity contribution in [3.8, 4) is 0 Å². The molecule has 2 heterocycles. The third-order valence-corrected chi connectivity index (χ3v) is 5.63. The number of hydrogen-bond acceptors (Lipinski definition) is 2. The number of nitrogens with zero attached hydrogens (tertiary/aromatic N) is 2. The van der Waals surface area contributed by atoms with Crippen LogP contribution in [-0.4, -0.2) is 41.2 Å². The van der Waals surface area contributed by atoms with Crippen LogP contribution in [0.15, 0.2) is 42.5 Å². The Morgan fingerprint density at radius 1 is 1.19 bits per heavy atom. The van der Waals surface area contributed by atoms with Crippen LogP contribution in [0.1, 0.15) is 29.2 Å². The molecule has 4 nitrogen and oxygen atoms in total. The zero-order chi connectivity index (χ0) is 19.0. The van der Waals surface area contributed by atoms with Crippen LogP contribution in [0, 0.1) is 5.82 Å². The van der Waals surface area contributed by atoms with E-state index in [2.05, 4.69) is 0 Å². The fourth-order valence-electron chi connectivity index (χ4n) is 3.94. The number of carbonyl (C=O) groups is 2. The predicted molar refractivity (Wildman–Crippen MR) is 101 cm³/mol. The van der Waals surface area contributed by atoms with Gasteiger partial charge < -0.3 is 9.80 Å². The highest BCUT2D eigenvalue weighted by Gasteiger charge is 2.38. The van der Waals surface area contributed by atoms with E-state index in [0.717, 1.165) is 17.5 Å². The van der Waals surface area contributed by atoms with Crippen LogP contribution < -0.4 is 0 Å². The van der Waals surface area contributed by atoms with Gasteiger partial charge in [-0.3, -0.25) is 9.59 Å². The summed E-state index contributed by atoms with van der Waals surface area (Å²) in [4.78, 5) is 28.8. The van der Waals surface area contributed by atoms with Crippen molar-refractivity contribution in [3.05, 3.63) is 70.0 Å². The minimum atomic E-state index is -0.290. The van der Waals surface area contributed by atoms with Crippen molar-refractivity contribution in [2.45, 2.75) is 25.3 Å². The van der Waals surface area contributed by atoms with Gasteiger partial charge in [0.05, 0.1) is 12.6 Å². The predicted octanol–water partition coefficient (Wildman–Crippen LogP) is 3.38. The zero-order valence-corrected chi connectivity index (χ0v) is 15.6. The van der Waals surface area contributed by atoms with E-state index in [1.54, 1.807) is 17.0 Å². The summed E-state index contributed by atoms with van der Waals surface area (Å²) in [7, 11) is 0. The van der Waals surface area contributed by atoms with Gasteiger partial charge in [0.25, 0.3) is 0 Å². The Morgan fingerprint density at radius 2 is 1.96 bits per heavy atom. The fraction of sp³-hybridized carbons (Fsp3) is 0.333. The maximum atomic E-state index is 13.0. The molecule has 2 aromatic carbocycles. The van der Waals surface area contributed by atoms with Gasteiger partial charge in [-0.25, -0.2) is 4.39 Å². The molecule has 6 heteroatoms. The SMILES string of the molecule is O=C(CCc1ccc(F)cc1)N1CC(=O)N2CCc3ccc(Cl)cc3C2C1. The number of carbonyl (C=O) groups excluding carboxylic acids is 2. The third-order valence-electron chi connectivity index (χ3n) is 5.40. The Labute approximate surface area is 162 Å². The molecule has 0 aromatic heterocycles. The Hall–Kier alpha value is -2.40. The largest absolute Gasteiger partial charge is 0.332 e. The molecule has 2 amide bonds. The summed E-state index contributed by atoms with van der Waals surface area (Å²) in [5.74, 6) is -0.366.